The van der Waals surface area contributed by atoms with E-state index in [0.29, 0.717) is 0 Å². The standard InChI is InChI=1S/C12H19N3/c1-14(2)13-7-8-15-9-11-5-3-4-6-12(11)10-15/h3-6,13H,7-10H2,1-2H3. The maximum absolute atomic E-state index is 3.29. The first-order valence-electron chi connectivity index (χ1n) is 5.45. The Morgan fingerprint density at radius 3 is 2.33 bits per heavy atom. The van der Waals surface area contributed by atoms with Crippen LogP contribution in [0.25, 0.3) is 0 Å². The molecule has 0 fully saturated rings. The highest BCUT2D eigenvalue weighted by Gasteiger charge is 2.16. The summed E-state index contributed by atoms with van der Waals surface area (Å²) in [6.07, 6.45) is 0. The highest BCUT2D eigenvalue weighted by Crippen LogP contribution is 2.21. The molecule has 15 heavy (non-hydrogen) atoms. The maximum Gasteiger partial charge on any atom is 0.0241 e. The Morgan fingerprint density at radius 1 is 1.20 bits per heavy atom. The lowest BCUT2D eigenvalue weighted by atomic mass is 10.1. The van der Waals surface area contributed by atoms with Gasteiger partial charge >= 0.3 is 0 Å². The molecule has 0 saturated heterocycles. The Bertz CT molecular complexity index is 297. The van der Waals surface area contributed by atoms with E-state index in [0.717, 1.165) is 26.2 Å². The lowest BCUT2D eigenvalue weighted by Gasteiger charge is -2.17. The van der Waals surface area contributed by atoms with Crippen molar-refractivity contribution in [3.63, 3.8) is 0 Å². The van der Waals surface area contributed by atoms with Gasteiger partial charge in [0.1, 0.15) is 0 Å². The maximum atomic E-state index is 3.29. The zero-order chi connectivity index (χ0) is 10.7. The molecule has 1 N–H and O–H groups in total. The smallest absolute Gasteiger partial charge is 0.0241 e. The van der Waals surface area contributed by atoms with Crippen molar-refractivity contribution in [3.8, 4) is 0 Å². The third-order valence-electron chi connectivity index (χ3n) is 2.76. The summed E-state index contributed by atoms with van der Waals surface area (Å²) < 4.78 is 0. The van der Waals surface area contributed by atoms with Crippen LogP contribution in [0.5, 0.6) is 0 Å². The first-order chi connectivity index (χ1) is 7.25. The van der Waals surface area contributed by atoms with E-state index in [1.807, 2.05) is 19.1 Å². The van der Waals surface area contributed by atoms with Crippen LogP contribution in [0.4, 0.5) is 0 Å². The molecule has 0 radical (unpaired) electrons. The Balaban J connectivity index is 1.80. The largest absolute Gasteiger partial charge is 0.293 e. The molecule has 0 aliphatic carbocycles. The quantitative estimate of drug-likeness (QED) is 0.742. The topological polar surface area (TPSA) is 18.5 Å². The molecule has 0 bridgehead atoms. The van der Waals surface area contributed by atoms with Crippen LogP contribution in [0.1, 0.15) is 11.1 Å². The number of hydrogen-bond acceptors (Lipinski definition) is 3. The van der Waals surface area contributed by atoms with Crippen LogP contribution < -0.4 is 5.43 Å². The molecule has 1 aromatic rings. The number of fused-ring (bicyclic) bond motifs is 1. The molecule has 1 aliphatic rings. The van der Waals surface area contributed by atoms with Crippen molar-refractivity contribution >= 4 is 0 Å². The van der Waals surface area contributed by atoms with Gasteiger partial charge in [0.15, 0.2) is 0 Å². The molecule has 1 aliphatic heterocycles. The average molecular weight is 205 g/mol. The minimum atomic E-state index is 1.01. The van der Waals surface area contributed by atoms with Gasteiger partial charge in [-0.25, -0.2) is 0 Å². The van der Waals surface area contributed by atoms with Gasteiger partial charge < -0.3 is 0 Å². The monoisotopic (exact) mass is 205 g/mol. The zero-order valence-corrected chi connectivity index (χ0v) is 9.53. The molecule has 0 amide bonds. The van der Waals surface area contributed by atoms with E-state index in [4.69, 9.17) is 0 Å². The number of hydrogen-bond donors (Lipinski definition) is 1. The molecule has 82 valence electrons. The SMILES string of the molecule is CN(C)NCCN1Cc2ccccc2C1. The molecule has 0 spiro atoms. The molecule has 3 nitrogen and oxygen atoms in total. The van der Waals surface area contributed by atoms with E-state index in [1.54, 1.807) is 0 Å². The van der Waals surface area contributed by atoms with Gasteiger partial charge in [0.05, 0.1) is 0 Å². The van der Waals surface area contributed by atoms with E-state index in [1.165, 1.54) is 11.1 Å². The highest BCUT2D eigenvalue weighted by atomic mass is 15.5. The minimum Gasteiger partial charge on any atom is -0.293 e. The number of nitrogens with one attached hydrogen (secondary N) is 1. The van der Waals surface area contributed by atoms with E-state index in [9.17, 15) is 0 Å². The summed E-state index contributed by atoms with van der Waals surface area (Å²) in [5.74, 6) is 0. The second-order valence-corrected chi connectivity index (χ2v) is 4.28. The van der Waals surface area contributed by atoms with Crippen LogP contribution in [0.3, 0.4) is 0 Å². The summed E-state index contributed by atoms with van der Waals surface area (Å²) in [4.78, 5) is 2.47. The number of hydrazine groups is 1. The van der Waals surface area contributed by atoms with Crippen molar-refractivity contribution in [3.05, 3.63) is 35.4 Å². The average Bonchev–Trinajstić information content (AvgIpc) is 2.59. The van der Waals surface area contributed by atoms with E-state index < -0.39 is 0 Å². The van der Waals surface area contributed by atoms with Gasteiger partial charge in [0, 0.05) is 40.3 Å². The fraction of sp³-hybridized carbons (Fsp3) is 0.500. The fourth-order valence-electron chi connectivity index (χ4n) is 1.99. The van der Waals surface area contributed by atoms with Crippen molar-refractivity contribution in [2.45, 2.75) is 13.1 Å². The predicted octanol–water partition coefficient (Wildman–Crippen LogP) is 1.07. The lowest BCUT2D eigenvalue weighted by Crippen LogP contribution is -2.36. The molecule has 0 atom stereocenters. The predicted molar refractivity (Wildman–Crippen MR) is 62.2 cm³/mol. The normalized spacial score (nSPS) is 15.9. The van der Waals surface area contributed by atoms with Crippen LogP contribution in [0.2, 0.25) is 0 Å². The van der Waals surface area contributed by atoms with Gasteiger partial charge in [-0.2, -0.15) is 0 Å². The van der Waals surface area contributed by atoms with Crippen LogP contribution in [0.15, 0.2) is 24.3 Å². The Morgan fingerprint density at radius 2 is 1.80 bits per heavy atom. The summed E-state index contributed by atoms with van der Waals surface area (Å²) in [6, 6.07) is 8.71. The van der Waals surface area contributed by atoms with E-state index >= 15 is 0 Å². The second-order valence-electron chi connectivity index (χ2n) is 4.28. The van der Waals surface area contributed by atoms with Crippen LogP contribution in [-0.4, -0.2) is 37.1 Å². The number of benzene rings is 1. The molecule has 1 aromatic carbocycles. The molecular formula is C12H19N3. The van der Waals surface area contributed by atoms with Gasteiger partial charge in [-0.1, -0.05) is 24.3 Å². The van der Waals surface area contributed by atoms with E-state index in [-0.39, 0.29) is 0 Å². The van der Waals surface area contributed by atoms with Crippen molar-refractivity contribution in [2.75, 3.05) is 27.2 Å². The summed E-state index contributed by atoms with van der Waals surface area (Å²) in [5.41, 5.74) is 6.27. The van der Waals surface area contributed by atoms with Gasteiger partial charge in [-0.3, -0.25) is 15.3 Å². The Labute approximate surface area is 91.7 Å². The number of rotatable bonds is 4. The number of nitrogens with zero attached hydrogens (tertiary/aromatic N) is 2. The molecular weight excluding hydrogens is 186 g/mol. The third kappa shape index (κ3) is 2.78. The molecule has 3 heteroatoms. The Kier molecular flexibility index (Phi) is 3.36. The summed E-state index contributed by atoms with van der Waals surface area (Å²) in [6.45, 7) is 4.32. The van der Waals surface area contributed by atoms with Crippen LogP contribution in [-0.2, 0) is 13.1 Å². The van der Waals surface area contributed by atoms with Crippen molar-refractivity contribution < 1.29 is 0 Å². The van der Waals surface area contributed by atoms with Gasteiger partial charge in [-0.15, -0.1) is 0 Å². The summed E-state index contributed by atoms with van der Waals surface area (Å²) in [5, 5.41) is 2.00. The molecule has 0 unspecified atom stereocenters. The first-order valence-corrected chi connectivity index (χ1v) is 5.45. The van der Waals surface area contributed by atoms with Crippen LogP contribution in [0, 0.1) is 0 Å². The molecule has 0 saturated carbocycles. The van der Waals surface area contributed by atoms with Crippen molar-refractivity contribution in [2.24, 2.45) is 0 Å². The Hall–Kier alpha value is -0.900. The van der Waals surface area contributed by atoms with E-state index in [2.05, 4.69) is 34.6 Å². The van der Waals surface area contributed by atoms with Crippen LogP contribution >= 0.6 is 0 Å². The molecule has 0 aromatic heterocycles. The summed E-state index contributed by atoms with van der Waals surface area (Å²) >= 11 is 0. The van der Waals surface area contributed by atoms with Crippen molar-refractivity contribution in [1.29, 1.82) is 0 Å². The van der Waals surface area contributed by atoms with Gasteiger partial charge in [0.2, 0.25) is 0 Å². The zero-order valence-electron chi connectivity index (χ0n) is 9.53. The minimum absolute atomic E-state index is 1.01. The first kappa shape index (κ1) is 10.6. The van der Waals surface area contributed by atoms with Gasteiger partial charge in [0.25, 0.3) is 0 Å². The lowest BCUT2D eigenvalue weighted by molar-refractivity contribution is 0.231. The van der Waals surface area contributed by atoms with Crippen molar-refractivity contribution in [1.82, 2.24) is 15.3 Å². The highest BCUT2D eigenvalue weighted by molar-refractivity contribution is 5.30. The third-order valence-corrected chi connectivity index (χ3v) is 2.76. The molecule has 1 heterocycles. The van der Waals surface area contributed by atoms with Gasteiger partial charge in [-0.05, 0) is 11.1 Å². The summed E-state index contributed by atoms with van der Waals surface area (Å²) in [7, 11) is 4.05. The fourth-order valence-corrected chi connectivity index (χ4v) is 1.99. The molecule has 2 rings (SSSR count). The second kappa shape index (κ2) is 4.75.